The number of alkyl halides is 3. The van der Waals surface area contributed by atoms with E-state index in [0.29, 0.717) is 18.7 Å². The molecule has 0 bridgehead atoms. The highest BCUT2D eigenvalue weighted by atomic mass is 35.5. The van der Waals surface area contributed by atoms with E-state index in [1.165, 1.54) is 6.20 Å². The quantitative estimate of drug-likeness (QED) is 0.819. The number of nitrogens with zero attached hydrogens (tertiary/aromatic N) is 2. The van der Waals surface area contributed by atoms with Gasteiger partial charge in [0, 0.05) is 19.0 Å². The van der Waals surface area contributed by atoms with Crippen LogP contribution in [0.3, 0.4) is 0 Å². The van der Waals surface area contributed by atoms with E-state index in [0.717, 1.165) is 0 Å². The molecule has 0 aromatic carbocycles. The van der Waals surface area contributed by atoms with Gasteiger partial charge in [0.1, 0.15) is 0 Å². The van der Waals surface area contributed by atoms with E-state index < -0.39 is 12.6 Å². The lowest BCUT2D eigenvalue weighted by atomic mass is 10.2. The minimum absolute atomic E-state index is 0.114. The number of unbranched alkanes of at least 4 members (excludes halogenated alkanes) is 1. The molecule has 1 N–H and O–H groups in total. The number of rotatable bonds is 5. The molecule has 0 aliphatic heterocycles. The van der Waals surface area contributed by atoms with Gasteiger partial charge in [0.05, 0.1) is 11.9 Å². The first kappa shape index (κ1) is 13.0. The van der Waals surface area contributed by atoms with E-state index in [1.807, 2.05) is 0 Å². The van der Waals surface area contributed by atoms with Crippen molar-refractivity contribution >= 4 is 17.3 Å². The van der Waals surface area contributed by atoms with E-state index in [2.05, 4.69) is 15.5 Å². The van der Waals surface area contributed by atoms with Crippen LogP contribution in [0.5, 0.6) is 0 Å². The van der Waals surface area contributed by atoms with Crippen LogP contribution >= 0.6 is 11.6 Å². The number of aromatic nitrogens is 2. The van der Waals surface area contributed by atoms with Crippen molar-refractivity contribution in [2.45, 2.75) is 25.4 Å². The van der Waals surface area contributed by atoms with Crippen molar-refractivity contribution in [1.29, 1.82) is 0 Å². The second kappa shape index (κ2) is 5.89. The lowest BCUT2D eigenvalue weighted by Gasteiger charge is -2.07. The van der Waals surface area contributed by atoms with E-state index >= 15 is 0 Å². The number of halogens is 4. The van der Waals surface area contributed by atoms with Gasteiger partial charge in [0.15, 0.2) is 5.15 Å². The van der Waals surface area contributed by atoms with Crippen molar-refractivity contribution in [3.8, 4) is 0 Å². The molecule has 16 heavy (non-hydrogen) atoms. The first-order chi connectivity index (χ1) is 7.47. The summed E-state index contributed by atoms with van der Waals surface area (Å²) in [5, 5.41) is 10.3. The molecule has 0 amide bonds. The summed E-state index contributed by atoms with van der Waals surface area (Å²) in [7, 11) is 0. The molecular formula is C9H11ClF3N3. The van der Waals surface area contributed by atoms with Gasteiger partial charge in [-0.2, -0.15) is 18.3 Å². The average molecular weight is 254 g/mol. The van der Waals surface area contributed by atoms with Gasteiger partial charge in [-0.15, -0.1) is 5.10 Å². The van der Waals surface area contributed by atoms with E-state index in [9.17, 15) is 13.2 Å². The normalized spacial score (nSPS) is 11.5. The number of nitrogens with one attached hydrogen (secondary N) is 1. The van der Waals surface area contributed by atoms with Crippen LogP contribution in [0, 0.1) is 0 Å². The van der Waals surface area contributed by atoms with E-state index in [-0.39, 0.29) is 11.6 Å². The lowest BCUT2D eigenvalue weighted by Crippen LogP contribution is -2.08. The third-order valence-electron chi connectivity index (χ3n) is 1.84. The van der Waals surface area contributed by atoms with Crippen LogP contribution < -0.4 is 5.32 Å². The molecule has 7 heteroatoms. The van der Waals surface area contributed by atoms with Gasteiger partial charge < -0.3 is 5.32 Å². The fourth-order valence-electron chi connectivity index (χ4n) is 1.12. The molecule has 0 saturated heterocycles. The Hall–Kier alpha value is -1.04. The topological polar surface area (TPSA) is 37.8 Å². The molecular weight excluding hydrogens is 243 g/mol. The van der Waals surface area contributed by atoms with Gasteiger partial charge >= 0.3 is 6.18 Å². The molecule has 0 saturated carbocycles. The minimum Gasteiger partial charge on any atom is -0.384 e. The molecule has 3 nitrogen and oxygen atoms in total. The summed E-state index contributed by atoms with van der Waals surface area (Å²) in [6.07, 6.45) is -2.79. The Morgan fingerprint density at radius 1 is 1.31 bits per heavy atom. The molecule has 1 aromatic rings. The fraction of sp³-hybridized carbons (Fsp3) is 0.556. The Kier molecular flexibility index (Phi) is 4.79. The first-order valence-electron chi connectivity index (χ1n) is 4.76. The Bertz CT molecular complexity index is 330. The van der Waals surface area contributed by atoms with Gasteiger partial charge in [0.2, 0.25) is 0 Å². The van der Waals surface area contributed by atoms with Gasteiger partial charge in [-0.1, -0.05) is 11.6 Å². The molecule has 1 rings (SSSR count). The van der Waals surface area contributed by atoms with Crippen molar-refractivity contribution < 1.29 is 13.2 Å². The highest BCUT2D eigenvalue weighted by molar-refractivity contribution is 6.29. The predicted molar refractivity (Wildman–Crippen MR) is 55.4 cm³/mol. The number of hydrogen-bond acceptors (Lipinski definition) is 3. The van der Waals surface area contributed by atoms with Crippen LogP contribution in [0.25, 0.3) is 0 Å². The van der Waals surface area contributed by atoms with Crippen molar-refractivity contribution in [2.75, 3.05) is 11.9 Å². The molecule has 90 valence electrons. The molecule has 0 spiro atoms. The van der Waals surface area contributed by atoms with Crippen molar-refractivity contribution in [3.05, 3.63) is 17.4 Å². The molecule has 0 radical (unpaired) electrons. The smallest absolute Gasteiger partial charge is 0.384 e. The van der Waals surface area contributed by atoms with Gasteiger partial charge in [-0.25, -0.2) is 0 Å². The summed E-state index contributed by atoms with van der Waals surface area (Å²) >= 11 is 5.58. The van der Waals surface area contributed by atoms with Crippen LogP contribution in [0.2, 0.25) is 5.15 Å². The Morgan fingerprint density at radius 3 is 2.69 bits per heavy atom. The molecule has 0 aliphatic rings. The molecule has 0 fully saturated rings. The zero-order chi connectivity index (χ0) is 12.0. The van der Waals surface area contributed by atoms with E-state index in [1.54, 1.807) is 6.07 Å². The van der Waals surface area contributed by atoms with Crippen LogP contribution in [0.1, 0.15) is 19.3 Å². The number of hydrogen-bond donors (Lipinski definition) is 1. The Labute approximate surface area is 96.0 Å². The van der Waals surface area contributed by atoms with Gasteiger partial charge in [-0.3, -0.25) is 0 Å². The maximum Gasteiger partial charge on any atom is 0.389 e. The maximum absolute atomic E-state index is 11.8. The lowest BCUT2D eigenvalue weighted by molar-refractivity contribution is -0.135. The third kappa shape index (κ3) is 5.75. The Balaban J connectivity index is 2.17. The molecule has 0 unspecified atom stereocenters. The van der Waals surface area contributed by atoms with Gasteiger partial charge in [-0.05, 0) is 12.8 Å². The third-order valence-corrected chi connectivity index (χ3v) is 2.03. The summed E-state index contributed by atoms with van der Waals surface area (Å²) in [5.41, 5.74) is 0.659. The van der Waals surface area contributed by atoms with Crippen molar-refractivity contribution in [3.63, 3.8) is 0 Å². The first-order valence-corrected chi connectivity index (χ1v) is 5.14. The standard InChI is InChI=1S/C9H11ClF3N3/c10-8-5-7(6-15-16-8)14-4-2-1-3-9(11,12)13/h5-6H,1-4H2,(H,14,16). The zero-order valence-electron chi connectivity index (χ0n) is 8.39. The summed E-state index contributed by atoms with van der Waals surface area (Å²) < 4.78 is 35.4. The van der Waals surface area contributed by atoms with E-state index in [4.69, 9.17) is 11.6 Å². The molecule has 1 aromatic heterocycles. The largest absolute Gasteiger partial charge is 0.389 e. The second-order valence-corrected chi connectivity index (χ2v) is 3.65. The maximum atomic E-state index is 11.8. The minimum atomic E-state index is -4.07. The molecule has 0 aliphatic carbocycles. The zero-order valence-corrected chi connectivity index (χ0v) is 9.15. The average Bonchev–Trinajstić information content (AvgIpc) is 2.15. The monoisotopic (exact) mass is 253 g/mol. The molecule has 1 heterocycles. The summed E-state index contributed by atoms with van der Waals surface area (Å²) in [6.45, 7) is 0.456. The summed E-state index contributed by atoms with van der Waals surface area (Å²) in [5.74, 6) is 0. The van der Waals surface area contributed by atoms with Crippen LogP contribution in [0.4, 0.5) is 18.9 Å². The van der Waals surface area contributed by atoms with Crippen molar-refractivity contribution in [2.24, 2.45) is 0 Å². The summed E-state index contributed by atoms with van der Waals surface area (Å²) in [6, 6.07) is 1.57. The highest BCUT2D eigenvalue weighted by Crippen LogP contribution is 2.22. The highest BCUT2D eigenvalue weighted by Gasteiger charge is 2.25. The number of anilines is 1. The van der Waals surface area contributed by atoms with Crippen molar-refractivity contribution in [1.82, 2.24) is 10.2 Å². The van der Waals surface area contributed by atoms with Crippen LogP contribution in [-0.2, 0) is 0 Å². The van der Waals surface area contributed by atoms with Crippen LogP contribution in [-0.4, -0.2) is 22.9 Å². The second-order valence-electron chi connectivity index (χ2n) is 3.27. The summed E-state index contributed by atoms with van der Waals surface area (Å²) in [4.78, 5) is 0. The fourth-order valence-corrected chi connectivity index (χ4v) is 1.28. The molecule has 0 atom stereocenters. The SMILES string of the molecule is FC(F)(F)CCCCNc1cnnc(Cl)c1. The predicted octanol–water partition coefficient (Wildman–Crippen LogP) is 3.27. The van der Waals surface area contributed by atoms with Crippen LogP contribution in [0.15, 0.2) is 12.3 Å². The van der Waals surface area contributed by atoms with Gasteiger partial charge in [0.25, 0.3) is 0 Å². The Morgan fingerprint density at radius 2 is 2.06 bits per heavy atom.